The highest BCUT2D eigenvalue weighted by atomic mass is 32.9. The molecule has 0 amide bonds. The molecule has 0 rings (SSSR count). The van der Waals surface area contributed by atoms with Gasteiger partial charge in [0.1, 0.15) is 0 Å². The number of rotatable bonds is 4. The van der Waals surface area contributed by atoms with Gasteiger partial charge in [-0.25, -0.2) is 0 Å². The fraction of sp³-hybridized carbons (Fsp3) is 1.00. The van der Waals surface area contributed by atoms with Crippen LogP contribution in [0.25, 0.3) is 0 Å². The van der Waals surface area contributed by atoms with E-state index in [0.29, 0.717) is 13.2 Å². The van der Waals surface area contributed by atoms with Crippen LogP contribution in [0.4, 0.5) is 0 Å². The van der Waals surface area contributed by atoms with Gasteiger partial charge in [-0.05, 0) is 22.6 Å². The lowest BCUT2D eigenvalue weighted by Gasteiger charge is -2.26. The molecule has 0 aromatic carbocycles. The van der Waals surface area contributed by atoms with Crippen LogP contribution in [0, 0.1) is 10.8 Å². The maximum Gasteiger partial charge on any atom is 0.244 e. The third-order valence-electron chi connectivity index (χ3n) is 1.32. The van der Waals surface area contributed by atoms with Crippen molar-refractivity contribution >= 4 is 29.7 Å². The molecule has 0 spiro atoms. The van der Waals surface area contributed by atoms with Gasteiger partial charge >= 0.3 is 0 Å². The van der Waals surface area contributed by atoms with Crippen molar-refractivity contribution in [1.29, 1.82) is 0 Å². The molecule has 0 aromatic rings. The normalized spacial score (nSPS) is 14.3. The van der Waals surface area contributed by atoms with E-state index in [1.54, 1.807) is 0 Å². The summed E-state index contributed by atoms with van der Waals surface area (Å²) in [6, 6.07) is 0. The topological polar surface area (TPSA) is 18.5 Å². The summed E-state index contributed by atoms with van der Waals surface area (Å²) in [6.07, 6.45) is 0. The van der Waals surface area contributed by atoms with Crippen LogP contribution in [0.2, 0.25) is 0 Å². The summed E-state index contributed by atoms with van der Waals surface area (Å²) in [5.74, 6) is 0. The Hall–Kier alpha value is 0.920. The summed E-state index contributed by atoms with van der Waals surface area (Å²) in [5, 5.41) is 0. The molecule has 5 heteroatoms. The van der Waals surface area contributed by atoms with Crippen molar-refractivity contribution < 1.29 is 9.05 Å². The number of hydrogen-bond donors (Lipinski definition) is 1. The second-order valence-electron chi connectivity index (χ2n) is 6.14. The molecule has 0 atom stereocenters. The second kappa shape index (κ2) is 5.50. The molecule has 0 N–H and O–H groups in total. The molecule has 0 bridgehead atoms. The molecule has 2 nitrogen and oxygen atoms in total. The van der Waals surface area contributed by atoms with Crippen molar-refractivity contribution in [2.24, 2.45) is 10.8 Å². The molecule has 0 aliphatic rings. The van der Waals surface area contributed by atoms with Gasteiger partial charge in [0.15, 0.2) is 0 Å². The Kier molecular flexibility index (Phi) is 5.84. The average molecular weight is 270 g/mol. The maximum absolute atomic E-state index is 5.56. The molecular formula is C10H23O2PS2. The zero-order valence-electron chi connectivity index (χ0n) is 10.5. The Bertz CT molecular complexity index is 219. The van der Waals surface area contributed by atoms with E-state index in [0.717, 1.165) is 0 Å². The van der Waals surface area contributed by atoms with Crippen molar-refractivity contribution in [1.82, 2.24) is 0 Å². The molecule has 0 heterocycles. The lowest BCUT2D eigenvalue weighted by atomic mass is 9.99. The van der Waals surface area contributed by atoms with E-state index in [1.165, 1.54) is 0 Å². The maximum atomic E-state index is 5.56. The van der Waals surface area contributed by atoms with Crippen LogP contribution in [0.3, 0.4) is 0 Å². The van der Waals surface area contributed by atoms with Gasteiger partial charge in [0.2, 0.25) is 5.69 Å². The van der Waals surface area contributed by atoms with E-state index in [-0.39, 0.29) is 10.8 Å². The average Bonchev–Trinajstić information content (AvgIpc) is 1.96. The molecule has 0 saturated carbocycles. The zero-order chi connectivity index (χ0) is 12.3. The van der Waals surface area contributed by atoms with Crippen LogP contribution in [0.1, 0.15) is 41.5 Å². The summed E-state index contributed by atoms with van der Waals surface area (Å²) in [6.45, 7) is 13.7. The fourth-order valence-electron chi connectivity index (χ4n) is 0.588. The third kappa shape index (κ3) is 11.2. The molecule has 0 aromatic heterocycles. The smallest absolute Gasteiger partial charge is 0.244 e. The zero-order valence-corrected chi connectivity index (χ0v) is 13.1. The van der Waals surface area contributed by atoms with Crippen LogP contribution in [-0.2, 0) is 20.9 Å². The van der Waals surface area contributed by atoms with Crippen LogP contribution in [-0.4, -0.2) is 13.2 Å². The molecule has 0 saturated heterocycles. The lowest BCUT2D eigenvalue weighted by molar-refractivity contribution is 0.156. The summed E-state index contributed by atoms with van der Waals surface area (Å²) < 4.78 is 11.1. The van der Waals surface area contributed by atoms with Gasteiger partial charge in [-0.2, -0.15) is 0 Å². The van der Waals surface area contributed by atoms with Crippen LogP contribution in [0.15, 0.2) is 0 Å². The highest BCUT2D eigenvalue weighted by Gasteiger charge is 2.21. The Labute approximate surface area is 104 Å². The molecule has 0 aliphatic heterocycles. The van der Waals surface area contributed by atoms with E-state index >= 15 is 0 Å². The van der Waals surface area contributed by atoms with Crippen molar-refractivity contribution in [3.63, 3.8) is 0 Å². The predicted molar refractivity (Wildman–Crippen MR) is 74.1 cm³/mol. The molecule has 0 fully saturated rings. The molecule has 0 aliphatic carbocycles. The third-order valence-corrected chi connectivity index (χ3v) is 3.56. The first kappa shape index (κ1) is 15.9. The number of hydrogen-bond acceptors (Lipinski definition) is 3. The minimum atomic E-state index is -2.36. The Morgan fingerprint density at radius 2 is 1.20 bits per heavy atom. The quantitative estimate of drug-likeness (QED) is 0.608. The first-order valence-electron chi connectivity index (χ1n) is 5.03. The van der Waals surface area contributed by atoms with Gasteiger partial charge in [-0.1, -0.05) is 53.8 Å². The van der Waals surface area contributed by atoms with Gasteiger partial charge < -0.3 is 9.05 Å². The van der Waals surface area contributed by atoms with E-state index in [2.05, 4.69) is 53.8 Å². The fourth-order valence-corrected chi connectivity index (χ4v) is 2.43. The number of thiol groups is 1. The molecular weight excluding hydrogens is 247 g/mol. The van der Waals surface area contributed by atoms with Crippen molar-refractivity contribution in [3.8, 4) is 0 Å². The van der Waals surface area contributed by atoms with Crippen molar-refractivity contribution in [2.45, 2.75) is 41.5 Å². The molecule has 15 heavy (non-hydrogen) atoms. The Morgan fingerprint density at radius 1 is 0.933 bits per heavy atom. The summed E-state index contributed by atoms with van der Waals surface area (Å²) in [7, 11) is 0. The summed E-state index contributed by atoms with van der Waals surface area (Å²) in [5.41, 5.74) is -2.17. The van der Waals surface area contributed by atoms with Gasteiger partial charge in [0, 0.05) is 0 Å². The van der Waals surface area contributed by atoms with Crippen LogP contribution >= 0.6 is 17.9 Å². The Morgan fingerprint density at radius 3 is 1.40 bits per heavy atom. The van der Waals surface area contributed by atoms with E-state index in [4.69, 9.17) is 20.9 Å². The monoisotopic (exact) mass is 270 g/mol. The molecule has 0 radical (unpaired) electrons. The van der Waals surface area contributed by atoms with Gasteiger partial charge in [0.05, 0.1) is 13.2 Å². The molecule has 0 unspecified atom stereocenters. The van der Waals surface area contributed by atoms with Gasteiger partial charge in [-0.15, -0.1) is 0 Å². The van der Waals surface area contributed by atoms with Crippen LogP contribution in [0.5, 0.6) is 0 Å². The first-order chi connectivity index (χ1) is 6.41. The van der Waals surface area contributed by atoms with E-state index in [1.807, 2.05) is 0 Å². The van der Waals surface area contributed by atoms with E-state index in [9.17, 15) is 0 Å². The predicted octanol–water partition coefficient (Wildman–Crippen LogP) is 4.27. The summed E-state index contributed by atoms with van der Waals surface area (Å²) >= 11 is 9.50. The summed E-state index contributed by atoms with van der Waals surface area (Å²) in [4.78, 5) is 0. The minimum Gasteiger partial charge on any atom is -0.321 e. The molecule has 92 valence electrons. The van der Waals surface area contributed by atoms with Gasteiger partial charge in [-0.3, -0.25) is 0 Å². The Balaban J connectivity index is 4.04. The van der Waals surface area contributed by atoms with Gasteiger partial charge in [0.25, 0.3) is 0 Å². The minimum absolute atomic E-state index is 0.0951. The SMILES string of the molecule is CC(C)(C)COP(=S)(S)OCC(C)(C)C. The van der Waals surface area contributed by atoms with Crippen molar-refractivity contribution in [3.05, 3.63) is 0 Å². The van der Waals surface area contributed by atoms with Crippen molar-refractivity contribution in [2.75, 3.05) is 13.2 Å². The second-order valence-corrected chi connectivity index (χ2v) is 11.4. The standard InChI is InChI=1S/C10H23O2PS2/c1-9(2,3)7-11-13(14,15)12-8-10(4,5)6/h7-8H2,1-6H3,(H,14,15). The van der Waals surface area contributed by atoms with E-state index < -0.39 is 5.69 Å². The largest absolute Gasteiger partial charge is 0.321 e. The van der Waals surface area contributed by atoms with Crippen LogP contribution < -0.4 is 0 Å². The highest BCUT2D eigenvalue weighted by Crippen LogP contribution is 2.54. The lowest BCUT2D eigenvalue weighted by Crippen LogP contribution is -2.16. The highest BCUT2D eigenvalue weighted by molar-refractivity contribution is 8.60. The first-order valence-corrected chi connectivity index (χ1v) is 8.82.